The van der Waals surface area contributed by atoms with E-state index in [1.165, 1.54) is 12.8 Å². The number of hydrogen-bond acceptors (Lipinski definition) is 3. The van der Waals surface area contributed by atoms with Gasteiger partial charge in [-0.1, -0.05) is 24.4 Å². The molecule has 0 atom stereocenters. The van der Waals surface area contributed by atoms with Crippen molar-refractivity contribution in [3.8, 4) is 0 Å². The van der Waals surface area contributed by atoms with Crippen LogP contribution in [0.2, 0.25) is 5.02 Å². The number of halogens is 1. The van der Waals surface area contributed by atoms with Crippen LogP contribution in [0.3, 0.4) is 0 Å². The van der Waals surface area contributed by atoms with Gasteiger partial charge in [0.1, 0.15) is 0 Å². The normalized spacial score (nSPS) is 16.1. The first-order valence-corrected chi connectivity index (χ1v) is 6.27. The van der Waals surface area contributed by atoms with Gasteiger partial charge in [0.15, 0.2) is 0 Å². The molecule has 0 radical (unpaired) electrons. The van der Waals surface area contributed by atoms with E-state index < -0.39 is 0 Å². The van der Waals surface area contributed by atoms with Crippen LogP contribution < -0.4 is 5.73 Å². The number of nitrogen functional groups attached to an aromatic ring is 1. The van der Waals surface area contributed by atoms with Gasteiger partial charge in [0, 0.05) is 5.69 Å². The van der Waals surface area contributed by atoms with E-state index in [4.69, 9.17) is 22.1 Å². The van der Waals surface area contributed by atoms with Crippen molar-refractivity contribution in [3.05, 3.63) is 28.8 Å². The number of carbonyl (C=O) groups is 1. The number of ether oxygens (including phenoxy) is 1. The van der Waals surface area contributed by atoms with Gasteiger partial charge < -0.3 is 10.5 Å². The highest BCUT2D eigenvalue weighted by molar-refractivity contribution is 6.33. The lowest BCUT2D eigenvalue weighted by molar-refractivity contribution is 0.0443. The highest BCUT2D eigenvalue weighted by Gasteiger charge is 2.18. The van der Waals surface area contributed by atoms with Crippen LogP contribution in [0.15, 0.2) is 18.2 Å². The average Bonchev–Trinajstić information content (AvgIpc) is 2.78. The smallest absolute Gasteiger partial charge is 0.339 e. The Morgan fingerprint density at radius 3 is 2.76 bits per heavy atom. The largest absolute Gasteiger partial charge is 0.462 e. The van der Waals surface area contributed by atoms with Crippen LogP contribution in [-0.4, -0.2) is 12.6 Å². The van der Waals surface area contributed by atoms with Crippen molar-refractivity contribution in [2.75, 3.05) is 12.3 Å². The minimum atomic E-state index is -0.359. The van der Waals surface area contributed by atoms with Crippen molar-refractivity contribution in [1.29, 1.82) is 0 Å². The molecule has 17 heavy (non-hydrogen) atoms. The second-order valence-electron chi connectivity index (χ2n) is 4.49. The number of benzene rings is 1. The number of anilines is 1. The van der Waals surface area contributed by atoms with Crippen LogP contribution in [0.25, 0.3) is 0 Å². The zero-order valence-electron chi connectivity index (χ0n) is 9.62. The van der Waals surface area contributed by atoms with Gasteiger partial charge in [-0.2, -0.15) is 0 Å². The fourth-order valence-electron chi connectivity index (χ4n) is 2.15. The summed E-state index contributed by atoms with van der Waals surface area (Å²) >= 11 is 5.94. The third-order valence-electron chi connectivity index (χ3n) is 3.14. The predicted octanol–water partition coefficient (Wildman–Crippen LogP) is 3.27. The SMILES string of the molecule is Nc1ccc(C(=O)OCC2CCCC2)c(Cl)c1. The summed E-state index contributed by atoms with van der Waals surface area (Å²) in [5.41, 5.74) is 6.50. The summed E-state index contributed by atoms with van der Waals surface area (Å²) in [5, 5.41) is 0.349. The fourth-order valence-corrected chi connectivity index (χ4v) is 2.41. The third-order valence-corrected chi connectivity index (χ3v) is 3.45. The van der Waals surface area contributed by atoms with Crippen LogP contribution in [0.4, 0.5) is 5.69 Å². The summed E-state index contributed by atoms with van der Waals surface area (Å²) in [6, 6.07) is 4.82. The van der Waals surface area contributed by atoms with Gasteiger partial charge in [0.05, 0.1) is 17.2 Å². The molecule has 3 nitrogen and oxygen atoms in total. The fraction of sp³-hybridized carbons (Fsp3) is 0.462. The molecule has 0 bridgehead atoms. The first kappa shape index (κ1) is 12.2. The number of esters is 1. The van der Waals surface area contributed by atoms with Crippen molar-refractivity contribution in [1.82, 2.24) is 0 Å². The predicted molar refractivity (Wildman–Crippen MR) is 68.1 cm³/mol. The first-order chi connectivity index (χ1) is 8.16. The molecule has 0 saturated heterocycles. The van der Waals surface area contributed by atoms with Gasteiger partial charge in [0.2, 0.25) is 0 Å². The van der Waals surface area contributed by atoms with Crippen molar-refractivity contribution in [2.45, 2.75) is 25.7 Å². The number of rotatable bonds is 3. The molecule has 1 saturated carbocycles. The lowest BCUT2D eigenvalue weighted by Crippen LogP contribution is -2.12. The second kappa shape index (κ2) is 5.41. The topological polar surface area (TPSA) is 52.3 Å². The Labute approximate surface area is 106 Å². The monoisotopic (exact) mass is 253 g/mol. The van der Waals surface area contributed by atoms with E-state index in [9.17, 15) is 4.79 Å². The van der Waals surface area contributed by atoms with E-state index in [2.05, 4.69) is 0 Å². The zero-order valence-corrected chi connectivity index (χ0v) is 10.4. The summed E-state index contributed by atoms with van der Waals surface area (Å²) < 4.78 is 5.27. The van der Waals surface area contributed by atoms with Gasteiger partial charge in [-0.15, -0.1) is 0 Å². The van der Waals surface area contributed by atoms with E-state index >= 15 is 0 Å². The molecule has 0 aromatic heterocycles. The van der Waals surface area contributed by atoms with Gasteiger partial charge in [-0.25, -0.2) is 4.79 Å². The van der Waals surface area contributed by atoms with Crippen LogP contribution in [-0.2, 0) is 4.74 Å². The summed E-state index contributed by atoms with van der Waals surface area (Å²) in [6.45, 7) is 0.500. The molecule has 1 aromatic carbocycles. The molecule has 2 rings (SSSR count). The molecule has 0 amide bonds. The Bertz CT molecular complexity index is 414. The molecule has 0 aliphatic heterocycles. The molecule has 0 heterocycles. The number of nitrogens with two attached hydrogens (primary N) is 1. The molecule has 1 aliphatic rings. The molecule has 2 N–H and O–H groups in total. The summed E-state index contributed by atoms with van der Waals surface area (Å²) in [4.78, 5) is 11.8. The standard InChI is InChI=1S/C13H16ClNO2/c14-12-7-10(15)5-6-11(12)13(16)17-8-9-3-1-2-4-9/h5-7,9H,1-4,8,15H2. The summed E-state index contributed by atoms with van der Waals surface area (Å²) in [7, 11) is 0. The highest BCUT2D eigenvalue weighted by Crippen LogP contribution is 2.26. The number of carbonyl (C=O) groups excluding carboxylic acids is 1. The zero-order chi connectivity index (χ0) is 12.3. The third kappa shape index (κ3) is 3.13. The molecule has 0 spiro atoms. The molecule has 4 heteroatoms. The Morgan fingerprint density at radius 2 is 2.12 bits per heavy atom. The lowest BCUT2D eigenvalue weighted by Gasteiger charge is -2.10. The molecule has 1 fully saturated rings. The lowest BCUT2D eigenvalue weighted by atomic mass is 10.1. The maximum Gasteiger partial charge on any atom is 0.339 e. The quantitative estimate of drug-likeness (QED) is 0.664. The molecular formula is C13H16ClNO2. The van der Waals surface area contributed by atoms with Gasteiger partial charge in [0.25, 0.3) is 0 Å². The van der Waals surface area contributed by atoms with Gasteiger partial charge in [-0.05, 0) is 37.0 Å². The number of hydrogen-bond donors (Lipinski definition) is 1. The van der Waals surface area contributed by atoms with E-state index in [0.29, 0.717) is 28.8 Å². The van der Waals surface area contributed by atoms with Crippen molar-refractivity contribution in [2.24, 2.45) is 5.92 Å². The van der Waals surface area contributed by atoms with Crippen molar-refractivity contribution in [3.63, 3.8) is 0 Å². The summed E-state index contributed by atoms with van der Waals surface area (Å²) in [5.74, 6) is 0.161. The van der Waals surface area contributed by atoms with Crippen molar-refractivity contribution >= 4 is 23.3 Å². The van der Waals surface area contributed by atoms with Crippen LogP contribution in [0.5, 0.6) is 0 Å². The van der Waals surface area contributed by atoms with Crippen LogP contribution >= 0.6 is 11.6 Å². The minimum Gasteiger partial charge on any atom is -0.462 e. The van der Waals surface area contributed by atoms with Crippen LogP contribution in [0.1, 0.15) is 36.0 Å². The van der Waals surface area contributed by atoms with Crippen molar-refractivity contribution < 1.29 is 9.53 Å². The van der Waals surface area contributed by atoms with E-state index in [1.807, 2.05) is 0 Å². The van der Waals surface area contributed by atoms with Gasteiger partial charge in [-0.3, -0.25) is 0 Å². The van der Waals surface area contributed by atoms with Crippen LogP contribution in [0, 0.1) is 5.92 Å². The molecule has 1 aromatic rings. The Hall–Kier alpha value is -1.22. The van der Waals surface area contributed by atoms with Gasteiger partial charge >= 0.3 is 5.97 Å². The Morgan fingerprint density at radius 1 is 1.41 bits per heavy atom. The maximum absolute atomic E-state index is 11.8. The second-order valence-corrected chi connectivity index (χ2v) is 4.90. The Balaban J connectivity index is 1.94. The average molecular weight is 254 g/mol. The molecular weight excluding hydrogens is 238 g/mol. The Kier molecular flexibility index (Phi) is 3.89. The van der Waals surface area contributed by atoms with E-state index in [-0.39, 0.29) is 5.97 Å². The summed E-state index contributed by atoms with van der Waals surface area (Å²) in [6.07, 6.45) is 4.79. The molecule has 0 unspecified atom stereocenters. The minimum absolute atomic E-state index is 0.349. The highest BCUT2D eigenvalue weighted by atomic mass is 35.5. The van der Waals surface area contributed by atoms with E-state index in [0.717, 1.165) is 12.8 Å². The maximum atomic E-state index is 11.8. The molecule has 92 valence electrons. The molecule has 1 aliphatic carbocycles. The van der Waals surface area contributed by atoms with E-state index in [1.54, 1.807) is 18.2 Å². The first-order valence-electron chi connectivity index (χ1n) is 5.89.